The number of benzene rings is 1. The van der Waals surface area contributed by atoms with Gasteiger partial charge in [0.1, 0.15) is 0 Å². The minimum atomic E-state index is -0.137. The second kappa shape index (κ2) is 8.43. The van der Waals surface area contributed by atoms with Crippen LogP contribution in [0.25, 0.3) is 0 Å². The van der Waals surface area contributed by atoms with Gasteiger partial charge in [-0.2, -0.15) is 0 Å². The maximum atomic E-state index is 11.7. The molecule has 0 aliphatic heterocycles. The van der Waals surface area contributed by atoms with Crippen LogP contribution in [0.3, 0.4) is 0 Å². The molecule has 0 fully saturated rings. The van der Waals surface area contributed by atoms with Crippen molar-refractivity contribution in [2.24, 2.45) is 0 Å². The van der Waals surface area contributed by atoms with Crippen molar-refractivity contribution in [3.63, 3.8) is 0 Å². The van der Waals surface area contributed by atoms with E-state index in [4.69, 9.17) is 9.47 Å². The summed E-state index contributed by atoms with van der Waals surface area (Å²) < 4.78 is 11.2. The quantitative estimate of drug-likeness (QED) is 0.761. The summed E-state index contributed by atoms with van der Waals surface area (Å²) in [6.07, 6.45) is 0. The van der Waals surface area contributed by atoms with Crippen molar-refractivity contribution in [2.75, 3.05) is 20.3 Å². The van der Waals surface area contributed by atoms with Gasteiger partial charge in [-0.15, -0.1) is 0 Å². The lowest BCUT2D eigenvalue weighted by Crippen LogP contribution is -2.34. The molecule has 0 radical (unpaired) electrons. The fourth-order valence-electron chi connectivity index (χ4n) is 1.83. The molecule has 2 N–H and O–H groups in total. The van der Waals surface area contributed by atoms with E-state index in [1.165, 1.54) is 0 Å². The van der Waals surface area contributed by atoms with Gasteiger partial charge in [-0.25, -0.2) is 0 Å². The molecule has 5 heteroatoms. The van der Waals surface area contributed by atoms with Crippen LogP contribution >= 0.6 is 0 Å². The number of hydrogen-bond acceptors (Lipinski definition) is 4. The second-order valence-electron chi connectivity index (χ2n) is 4.72. The molecular weight excluding hydrogens is 256 g/mol. The smallest absolute Gasteiger partial charge is 0.258 e. The van der Waals surface area contributed by atoms with E-state index in [2.05, 4.69) is 10.6 Å². The highest BCUT2D eigenvalue weighted by atomic mass is 16.5. The van der Waals surface area contributed by atoms with Gasteiger partial charge in [0.25, 0.3) is 5.91 Å². The minimum absolute atomic E-state index is 0.0149. The van der Waals surface area contributed by atoms with Crippen molar-refractivity contribution in [1.82, 2.24) is 10.6 Å². The van der Waals surface area contributed by atoms with Gasteiger partial charge in [0.2, 0.25) is 0 Å². The molecule has 1 aromatic rings. The third-order valence-electron chi connectivity index (χ3n) is 2.52. The molecule has 0 bridgehead atoms. The average Bonchev–Trinajstić information content (AvgIpc) is 2.38. The largest absolute Gasteiger partial charge is 0.490 e. The maximum Gasteiger partial charge on any atom is 0.258 e. The molecule has 0 atom stereocenters. The Morgan fingerprint density at radius 2 is 2.05 bits per heavy atom. The number of ether oxygens (including phenoxy) is 2. The van der Waals surface area contributed by atoms with Crippen molar-refractivity contribution in [2.45, 2.75) is 33.4 Å². The van der Waals surface area contributed by atoms with Gasteiger partial charge in [0.15, 0.2) is 18.1 Å². The van der Waals surface area contributed by atoms with Crippen LogP contribution in [0.1, 0.15) is 26.3 Å². The Bertz CT molecular complexity index is 409. The van der Waals surface area contributed by atoms with Crippen molar-refractivity contribution in [1.29, 1.82) is 0 Å². The molecule has 0 aliphatic carbocycles. The van der Waals surface area contributed by atoms with Crippen LogP contribution in [0.4, 0.5) is 0 Å². The van der Waals surface area contributed by atoms with E-state index >= 15 is 0 Å². The summed E-state index contributed by atoms with van der Waals surface area (Å²) in [5.41, 5.74) is 0.968. The number of nitrogens with one attached hydrogen (secondary N) is 2. The molecule has 0 aliphatic rings. The zero-order valence-corrected chi connectivity index (χ0v) is 12.7. The number of carbonyl (C=O) groups excluding carboxylic acids is 1. The number of hydrogen-bond donors (Lipinski definition) is 2. The van der Waals surface area contributed by atoms with Gasteiger partial charge in [-0.05, 0) is 33.9 Å². The Labute approximate surface area is 120 Å². The molecule has 112 valence electrons. The van der Waals surface area contributed by atoms with E-state index in [0.717, 1.165) is 5.56 Å². The number of amides is 1. The first kappa shape index (κ1) is 16.3. The van der Waals surface area contributed by atoms with E-state index in [-0.39, 0.29) is 18.6 Å². The van der Waals surface area contributed by atoms with Crippen LogP contribution in [-0.4, -0.2) is 32.2 Å². The summed E-state index contributed by atoms with van der Waals surface area (Å²) in [6, 6.07) is 5.82. The Hall–Kier alpha value is -1.75. The molecule has 1 rings (SSSR count). The Morgan fingerprint density at radius 3 is 2.65 bits per heavy atom. The SMILES string of the molecule is CCOc1cccc(CNC)c1OCC(=O)NC(C)C. The highest BCUT2D eigenvalue weighted by Crippen LogP contribution is 2.31. The van der Waals surface area contributed by atoms with Crippen LogP contribution in [0.5, 0.6) is 11.5 Å². The molecule has 1 aromatic carbocycles. The second-order valence-corrected chi connectivity index (χ2v) is 4.72. The van der Waals surface area contributed by atoms with Crippen molar-refractivity contribution in [3.8, 4) is 11.5 Å². The predicted octanol–water partition coefficient (Wildman–Crippen LogP) is 1.71. The topological polar surface area (TPSA) is 59.6 Å². The van der Waals surface area contributed by atoms with Crippen molar-refractivity contribution in [3.05, 3.63) is 23.8 Å². The number of para-hydroxylation sites is 1. The lowest BCUT2D eigenvalue weighted by Gasteiger charge is -2.16. The summed E-state index contributed by atoms with van der Waals surface area (Å²) in [5, 5.41) is 5.87. The molecule has 0 heterocycles. The lowest BCUT2D eigenvalue weighted by atomic mass is 10.2. The Morgan fingerprint density at radius 1 is 1.30 bits per heavy atom. The summed E-state index contributed by atoms with van der Waals surface area (Å²) in [5.74, 6) is 1.15. The zero-order chi connectivity index (χ0) is 15.0. The van der Waals surface area contributed by atoms with E-state index in [9.17, 15) is 4.79 Å². The monoisotopic (exact) mass is 280 g/mol. The third-order valence-corrected chi connectivity index (χ3v) is 2.52. The van der Waals surface area contributed by atoms with Crippen molar-refractivity contribution < 1.29 is 14.3 Å². The molecular formula is C15H24N2O3. The van der Waals surface area contributed by atoms with E-state index in [0.29, 0.717) is 24.7 Å². The minimum Gasteiger partial charge on any atom is -0.490 e. The lowest BCUT2D eigenvalue weighted by molar-refractivity contribution is -0.123. The van der Waals surface area contributed by atoms with Gasteiger partial charge in [0, 0.05) is 18.2 Å². The normalized spacial score (nSPS) is 10.4. The fourth-order valence-corrected chi connectivity index (χ4v) is 1.83. The van der Waals surface area contributed by atoms with Crippen LogP contribution < -0.4 is 20.1 Å². The fraction of sp³-hybridized carbons (Fsp3) is 0.533. The standard InChI is InChI=1S/C15H24N2O3/c1-5-19-13-8-6-7-12(9-16-4)15(13)20-10-14(18)17-11(2)3/h6-8,11,16H,5,9-10H2,1-4H3,(H,17,18). The van der Waals surface area contributed by atoms with Crippen LogP contribution in [-0.2, 0) is 11.3 Å². The molecule has 0 aromatic heterocycles. The van der Waals surface area contributed by atoms with Gasteiger partial charge < -0.3 is 20.1 Å². The highest BCUT2D eigenvalue weighted by molar-refractivity contribution is 5.77. The van der Waals surface area contributed by atoms with Crippen molar-refractivity contribution >= 4 is 5.91 Å². The summed E-state index contributed by atoms with van der Waals surface area (Å²) in [4.78, 5) is 11.7. The first-order valence-corrected chi connectivity index (χ1v) is 6.89. The highest BCUT2D eigenvalue weighted by Gasteiger charge is 2.13. The maximum absolute atomic E-state index is 11.7. The summed E-state index contributed by atoms with van der Waals surface area (Å²) in [6.45, 7) is 6.94. The molecule has 0 saturated carbocycles. The van der Waals surface area contributed by atoms with Gasteiger partial charge in [-0.3, -0.25) is 4.79 Å². The summed E-state index contributed by atoms with van der Waals surface area (Å²) >= 11 is 0. The average molecular weight is 280 g/mol. The van der Waals surface area contributed by atoms with Crippen LogP contribution in [0, 0.1) is 0 Å². The van der Waals surface area contributed by atoms with E-state index in [1.54, 1.807) is 0 Å². The number of carbonyl (C=O) groups is 1. The molecule has 0 spiro atoms. The van der Waals surface area contributed by atoms with Gasteiger partial charge >= 0.3 is 0 Å². The van der Waals surface area contributed by atoms with Crippen LogP contribution in [0.15, 0.2) is 18.2 Å². The van der Waals surface area contributed by atoms with E-state index < -0.39 is 0 Å². The summed E-state index contributed by atoms with van der Waals surface area (Å²) in [7, 11) is 1.86. The van der Waals surface area contributed by atoms with Crippen LogP contribution in [0.2, 0.25) is 0 Å². The predicted molar refractivity (Wildman–Crippen MR) is 79.1 cm³/mol. The molecule has 20 heavy (non-hydrogen) atoms. The third kappa shape index (κ3) is 5.09. The molecule has 5 nitrogen and oxygen atoms in total. The molecule has 0 saturated heterocycles. The van der Waals surface area contributed by atoms with Gasteiger partial charge in [-0.1, -0.05) is 12.1 Å². The Balaban J connectivity index is 2.81. The Kier molecular flexibility index (Phi) is 6.87. The van der Waals surface area contributed by atoms with Gasteiger partial charge in [0.05, 0.1) is 6.61 Å². The number of rotatable bonds is 8. The first-order valence-electron chi connectivity index (χ1n) is 6.89. The first-order chi connectivity index (χ1) is 9.58. The van der Waals surface area contributed by atoms with E-state index in [1.807, 2.05) is 46.0 Å². The molecule has 0 unspecified atom stereocenters. The zero-order valence-electron chi connectivity index (χ0n) is 12.7. The molecule has 1 amide bonds.